The van der Waals surface area contributed by atoms with E-state index in [0.29, 0.717) is 10.0 Å². The van der Waals surface area contributed by atoms with Gasteiger partial charge in [0, 0.05) is 33.4 Å². The zero-order chi connectivity index (χ0) is 14.1. The van der Waals surface area contributed by atoms with Gasteiger partial charge in [-0.25, -0.2) is 0 Å². The maximum atomic E-state index is 6.38. The second-order valence-electron chi connectivity index (χ2n) is 4.56. The molecule has 1 unspecified atom stereocenters. The first-order chi connectivity index (χ1) is 9.68. The molecule has 4 heteroatoms. The molecule has 0 amide bonds. The van der Waals surface area contributed by atoms with Crippen molar-refractivity contribution in [1.82, 2.24) is 4.98 Å². The van der Waals surface area contributed by atoms with Gasteiger partial charge in [0.2, 0.25) is 0 Å². The van der Waals surface area contributed by atoms with E-state index in [1.165, 1.54) is 0 Å². The summed E-state index contributed by atoms with van der Waals surface area (Å²) in [6, 6.07) is 13.0. The first-order valence-electron chi connectivity index (χ1n) is 6.20. The van der Waals surface area contributed by atoms with Crippen LogP contribution in [0, 0.1) is 0 Å². The number of rotatable bonds is 2. The molecule has 0 spiro atoms. The van der Waals surface area contributed by atoms with Crippen molar-refractivity contribution in [2.75, 3.05) is 0 Å². The summed E-state index contributed by atoms with van der Waals surface area (Å²) in [6.45, 7) is 0. The number of hydrogen-bond acceptors (Lipinski definition) is 2. The van der Waals surface area contributed by atoms with E-state index >= 15 is 0 Å². The normalized spacial score (nSPS) is 12.6. The molecule has 2 nitrogen and oxygen atoms in total. The quantitative estimate of drug-likeness (QED) is 0.752. The number of benzene rings is 2. The number of nitrogens with two attached hydrogens (primary N) is 1. The molecule has 20 heavy (non-hydrogen) atoms. The lowest BCUT2D eigenvalue weighted by molar-refractivity contribution is 0.874. The Morgan fingerprint density at radius 1 is 0.900 bits per heavy atom. The summed E-state index contributed by atoms with van der Waals surface area (Å²) < 4.78 is 0. The molecule has 0 aliphatic carbocycles. The summed E-state index contributed by atoms with van der Waals surface area (Å²) in [4.78, 5) is 4.25. The van der Waals surface area contributed by atoms with Gasteiger partial charge in [-0.1, -0.05) is 53.5 Å². The van der Waals surface area contributed by atoms with Gasteiger partial charge in [-0.15, -0.1) is 0 Å². The van der Waals surface area contributed by atoms with E-state index in [2.05, 4.69) is 4.98 Å². The monoisotopic (exact) mass is 302 g/mol. The van der Waals surface area contributed by atoms with E-state index in [1.807, 2.05) is 36.5 Å². The summed E-state index contributed by atoms with van der Waals surface area (Å²) in [7, 11) is 0. The Hall–Kier alpha value is -1.61. The molecule has 100 valence electrons. The van der Waals surface area contributed by atoms with Gasteiger partial charge in [-0.3, -0.25) is 4.98 Å². The van der Waals surface area contributed by atoms with E-state index < -0.39 is 6.04 Å². The SMILES string of the molecule is NC(c1c(Cl)cccc1Cl)c1cncc2ccccc12. The predicted molar refractivity (Wildman–Crippen MR) is 84.2 cm³/mol. The van der Waals surface area contributed by atoms with Gasteiger partial charge in [0.1, 0.15) is 0 Å². The molecule has 0 aliphatic rings. The van der Waals surface area contributed by atoms with Crippen molar-refractivity contribution in [1.29, 1.82) is 0 Å². The molecular formula is C16H12Cl2N2. The lowest BCUT2D eigenvalue weighted by atomic mass is 9.96. The van der Waals surface area contributed by atoms with Gasteiger partial charge >= 0.3 is 0 Å². The Bertz CT molecular complexity index is 746. The van der Waals surface area contributed by atoms with Gasteiger partial charge in [0.05, 0.1) is 6.04 Å². The number of nitrogens with zero attached hydrogens (tertiary/aromatic N) is 1. The van der Waals surface area contributed by atoms with Crippen LogP contribution in [0.15, 0.2) is 54.9 Å². The van der Waals surface area contributed by atoms with Gasteiger partial charge in [-0.2, -0.15) is 0 Å². The zero-order valence-electron chi connectivity index (χ0n) is 10.6. The summed E-state index contributed by atoms with van der Waals surface area (Å²) in [5, 5.41) is 3.24. The molecule has 1 heterocycles. The average molecular weight is 303 g/mol. The maximum Gasteiger partial charge on any atom is 0.0602 e. The van der Waals surface area contributed by atoms with E-state index in [0.717, 1.165) is 21.9 Å². The topological polar surface area (TPSA) is 38.9 Å². The lowest BCUT2D eigenvalue weighted by Gasteiger charge is -2.17. The lowest BCUT2D eigenvalue weighted by Crippen LogP contribution is -2.13. The number of pyridine rings is 1. The third-order valence-corrected chi connectivity index (χ3v) is 4.00. The largest absolute Gasteiger partial charge is 0.320 e. The average Bonchev–Trinajstić information content (AvgIpc) is 2.46. The second kappa shape index (κ2) is 5.41. The number of aromatic nitrogens is 1. The van der Waals surface area contributed by atoms with Crippen LogP contribution in [0.5, 0.6) is 0 Å². The van der Waals surface area contributed by atoms with Crippen molar-refractivity contribution >= 4 is 34.0 Å². The highest BCUT2D eigenvalue weighted by atomic mass is 35.5. The van der Waals surface area contributed by atoms with Crippen LogP contribution in [0.25, 0.3) is 10.8 Å². The molecule has 2 N–H and O–H groups in total. The fraction of sp³-hybridized carbons (Fsp3) is 0.0625. The maximum absolute atomic E-state index is 6.38. The van der Waals surface area contributed by atoms with Crippen LogP contribution in [0.3, 0.4) is 0 Å². The Balaban J connectivity index is 2.21. The number of fused-ring (bicyclic) bond motifs is 1. The predicted octanol–water partition coefficient (Wildman–Crippen LogP) is 4.59. The fourth-order valence-electron chi connectivity index (χ4n) is 2.35. The van der Waals surface area contributed by atoms with Crippen molar-refractivity contribution in [3.05, 3.63) is 76.0 Å². The first kappa shape index (κ1) is 13.4. The molecule has 2 aromatic carbocycles. The standard InChI is InChI=1S/C16H12Cl2N2/c17-13-6-3-7-14(18)15(13)16(19)12-9-20-8-10-4-1-2-5-11(10)12/h1-9,16H,19H2. The fourth-order valence-corrected chi connectivity index (χ4v) is 2.98. The van der Waals surface area contributed by atoms with Crippen molar-refractivity contribution in [2.24, 2.45) is 5.73 Å². The number of halogens is 2. The summed E-state index contributed by atoms with van der Waals surface area (Å²) in [6.07, 6.45) is 3.59. The zero-order valence-corrected chi connectivity index (χ0v) is 12.1. The summed E-state index contributed by atoms with van der Waals surface area (Å²) in [5.74, 6) is 0. The van der Waals surface area contributed by atoms with Crippen molar-refractivity contribution < 1.29 is 0 Å². The molecule has 3 rings (SSSR count). The van der Waals surface area contributed by atoms with Gasteiger partial charge in [-0.05, 0) is 23.1 Å². The van der Waals surface area contributed by atoms with E-state index in [9.17, 15) is 0 Å². The van der Waals surface area contributed by atoms with Crippen LogP contribution in [-0.4, -0.2) is 4.98 Å². The Morgan fingerprint density at radius 3 is 2.35 bits per heavy atom. The highest BCUT2D eigenvalue weighted by Gasteiger charge is 2.18. The molecule has 1 aromatic heterocycles. The molecule has 0 radical (unpaired) electrons. The van der Waals surface area contributed by atoms with E-state index in [4.69, 9.17) is 28.9 Å². The second-order valence-corrected chi connectivity index (χ2v) is 5.38. The van der Waals surface area contributed by atoms with Crippen molar-refractivity contribution in [3.63, 3.8) is 0 Å². The van der Waals surface area contributed by atoms with Crippen LogP contribution in [-0.2, 0) is 0 Å². The molecule has 3 aromatic rings. The molecule has 1 atom stereocenters. The Labute approximate surface area is 127 Å². The third-order valence-electron chi connectivity index (χ3n) is 3.34. The summed E-state index contributed by atoms with van der Waals surface area (Å²) in [5.41, 5.74) is 8.02. The molecular weight excluding hydrogens is 291 g/mol. The number of hydrogen-bond donors (Lipinski definition) is 1. The van der Waals surface area contributed by atoms with Crippen LogP contribution in [0.2, 0.25) is 10.0 Å². The van der Waals surface area contributed by atoms with Crippen molar-refractivity contribution in [2.45, 2.75) is 6.04 Å². The van der Waals surface area contributed by atoms with Gasteiger partial charge < -0.3 is 5.73 Å². The minimum Gasteiger partial charge on any atom is -0.320 e. The molecule has 0 bridgehead atoms. The van der Waals surface area contributed by atoms with Crippen LogP contribution in [0.4, 0.5) is 0 Å². The smallest absolute Gasteiger partial charge is 0.0602 e. The Morgan fingerprint density at radius 2 is 1.60 bits per heavy atom. The van der Waals surface area contributed by atoms with Gasteiger partial charge in [0.15, 0.2) is 0 Å². The van der Waals surface area contributed by atoms with Crippen LogP contribution in [0.1, 0.15) is 17.2 Å². The van der Waals surface area contributed by atoms with Crippen LogP contribution >= 0.6 is 23.2 Å². The Kier molecular flexibility index (Phi) is 3.62. The van der Waals surface area contributed by atoms with E-state index in [-0.39, 0.29) is 0 Å². The molecule has 0 saturated carbocycles. The molecule has 0 aliphatic heterocycles. The molecule has 0 fully saturated rings. The van der Waals surface area contributed by atoms with Crippen molar-refractivity contribution in [3.8, 4) is 0 Å². The van der Waals surface area contributed by atoms with E-state index in [1.54, 1.807) is 18.3 Å². The van der Waals surface area contributed by atoms with Gasteiger partial charge in [0.25, 0.3) is 0 Å². The minimum atomic E-state index is -0.408. The first-order valence-corrected chi connectivity index (χ1v) is 6.96. The van der Waals surface area contributed by atoms with Crippen LogP contribution < -0.4 is 5.73 Å². The third kappa shape index (κ3) is 2.27. The molecule has 0 saturated heterocycles. The summed E-state index contributed by atoms with van der Waals surface area (Å²) >= 11 is 12.5. The highest BCUT2D eigenvalue weighted by molar-refractivity contribution is 6.36. The highest BCUT2D eigenvalue weighted by Crippen LogP contribution is 2.34. The minimum absolute atomic E-state index is 0.408.